The van der Waals surface area contributed by atoms with Crippen molar-refractivity contribution in [3.63, 3.8) is 0 Å². The van der Waals surface area contributed by atoms with E-state index in [9.17, 15) is 18.0 Å². The Hall–Kier alpha value is -1.75. The first kappa shape index (κ1) is 21.0. The Kier molecular flexibility index (Phi) is 6.54. The summed E-state index contributed by atoms with van der Waals surface area (Å²) >= 11 is 0.991. The number of amides is 1. The molecule has 0 aliphatic carbocycles. The summed E-state index contributed by atoms with van der Waals surface area (Å²) in [6, 6.07) is 4.49. The molecular weight excluding hydrogens is 402 g/mol. The maximum absolute atomic E-state index is 12.5. The van der Waals surface area contributed by atoms with Crippen LogP contribution in [0.2, 0.25) is 0 Å². The van der Waals surface area contributed by atoms with Gasteiger partial charge in [0.15, 0.2) is 0 Å². The van der Waals surface area contributed by atoms with Gasteiger partial charge in [0.05, 0.1) is 28.3 Å². The SMILES string of the molecule is CC[C@@H](C)NS(=O)(=O)c1ccc2c(c1)sc(=O)n2CCC(=O)N1CCOCC1. The maximum atomic E-state index is 12.5. The highest BCUT2D eigenvalue weighted by Gasteiger charge is 2.20. The number of rotatable bonds is 7. The van der Waals surface area contributed by atoms with Gasteiger partial charge in [0.1, 0.15) is 0 Å². The lowest BCUT2D eigenvalue weighted by atomic mass is 10.3. The fourth-order valence-corrected chi connectivity index (χ4v) is 5.40. The third-order valence-corrected chi connectivity index (χ3v) is 7.36. The Bertz CT molecular complexity index is 1010. The molecule has 2 aromatic rings. The molecule has 1 fully saturated rings. The molecule has 1 aromatic heterocycles. The molecule has 1 amide bonds. The number of aromatic nitrogens is 1. The van der Waals surface area contributed by atoms with Crippen LogP contribution in [0.25, 0.3) is 10.2 Å². The van der Waals surface area contributed by atoms with Crippen molar-refractivity contribution in [2.75, 3.05) is 26.3 Å². The van der Waals surface area contributed by atoms with Crippen LogP contribution in [0.5, 0.6) is 0 Å². The van der Waals surface area contributed by atoms with Gasteiger partial charge in [0.25, 0.3) is 0 Å². The Labute approximate surface area is 168 Å². The smallest absolute Gasteiger partial charge is 0.308 e. The average Bonchev–Trinajstić information content (AvgIpc) is 3.00. The lowest BCUT2D eigenvalue weighted by Gasteiger charge is -2.26. The molecule has 0 unspecified atom stereocenters. The van der Waals surface area contributed by atoms with E-state index in [1.807, 2.05) is 6.92 Å². The summed E-state index contributed by atoms with van der Waals surface area (Å²) in [6.07, 6.45) is 0.906. The molecule has 0 saturated carbocycles. The average molecular weight is 428 g/mol. The van der Waals surface area contributed by atoms with Gasteiger partial charge >= 0.3 is 4.87 Å². The Morgan fingerprint density at radius 2 is 2.04 bits per heavy atom. The number of carbonyl (C=O) groups is 1. The molecule has 0 spiro atoms. The zero-order valence-corrected chi connectivity index (χ0v) is 17.6. The lowest BCUT2D eigenvalue weighted by Crippen LogP contribution is -2.41. The monoisotopic (exact) mass is 427 g/mol. The first-order chi connectivity index (χ1) is 13.3. The van der Waals surface area contributed by atoms with E-state index in [1.165, 1.54) is 16.7 Å². The second-order valence-electron chi connectivity index (χ2n) is 6.82. The van der Waals surface area contributed by atoms with Gasteiger partial charge in [0.2, 0.25) is 15.9 Å². The van der Waals surface area contributed by atoms with Crippen LogP contribution in [0, 0.1) is 0 Å². The summed E-state index contributed by atoms with van der Waals surface area (Å²) in [6.45, 7) is 6.19. The molecule has 0 radical (unpaired) electrons. The number of carbonyl (C=O) groups excluding carboxylic acids is 1. The number of sulfonamides is 1. The zero-order chi connectivity index (χ0) is 20.3. The number of morpholine rings is 1. The van der Waals surface area contributed by atoms with E-state index < -0.39 is 10.0 Å². The van der Waals surface area contributed by atoms with E-state index in [4.69, 9.17) is 4.74 Å². The molecule has 1 atom stereocenters. The van der Waals surface area contributed by atoms with Gasteiger partial charge in [-0.05, 0) is 31.5 Å². The first-order valence-corrected chi connectivity index (χ1v) is 11.6. The van der Waals surface area contributed by atoms with Crippen molar-refractivity contribution < 1.29 is 17.9 Å². The summed E-state index contributed by atoms with van der Waals surface area (Å²) in [5.74, 6) is -0.00787. The van der Waals surface area contributed by atoms with Crippen molar-refractivity contribution in [1.29, 1.82) is 0 Å². The number of fused-ring (bicyclic) bond motifs is 1. The van der Waals surface area contributed by atoms with E-state index in [-0.39, 0.29) is 34.7 Å². The fraction of sp³-hybridized carbons (Fsp3) is 0.556. The highest BCUT2D eigenvalue weighted by molar-refractivity contribution is 7.89. The molecule has 0 bridgehead atoms. The van der Waals surface area contributed by atoms with Gasteiger partial charge in [-0.3, -0.25) is 14.2 Å². The van der Waals surface area contributed by atoms with Crippen molar-refractivity contribution in [1.82, 2.24) is 14.2 Å². The van der Waals surface area contributed by atoms with Crippen LogP contribution in [-0.2, 0) is 26.1 Å². The van der Waals surface area contributed by atoms with Crippen LogP contribution >= 0.6 is 11.3 Å². The van der Waals surface area contributed by atoms with Crippen LogP contribution < -0.4 is 9.60 Å². The highest BCUT2D eigenvalue weighted by atomic mass is 32.2. The molecule has 2 heterocycles. The van der Waals surface area contributed by atoms with Crippen molar-refractivity contribution >= 4 is 37.5 Å². The third-order valence-electron chi connectivity index (χ3n) is 4.83. The van der Waals surface area contributed by atoms with Gasteiger partial charge in [-0.2, -0.15) is 0 Å². The van der Waals surface area contributed by atoms with E-state index in [0.29, 0.717) is 42.9 Å². The molecule has 3 rings (SSSR count). The van der Waals surface area contributed by atoms with Crippen LogP contribution in [-0.4, -0.2) is 56.1 Å². The highest BCUT2D eigenvalue weighted by Crippen LogP contribution is 2.22. The molecule has 1 aromatic carbocycles. The molecule has 154 valence electrons. The summed E-state index contributed by atoms with van der Waals surface area (Å²) in [5.41, 5.74) is 0.646. The molecule has 10 heteroatoms. The van der Waals surface area contributed by atoms with E-state index >= 15 is 0 Å². The molecule has 1 saturated heterocycles. The summed E-state index contributed by atoms with van der Waals surface area (Å²) < 4.78 is 34.9. The zero-order valence-electron chi connectivity index (χ0n) is 16.0. The number of thiazole rings is 1. The van der Waals surface area contributed by atoms with Gasteiger partial charge in [-0.15, -0.1) is 0 Å². The lowest BCUT2D eigenvalue weighted by molar-refractivity contribution is -0.135. The summed E-state index contributed by atoms with van der Waals surface area (Å²) in [5, 5.41) is 0. The van der Waals surface area contributed by atoms with Gasteiger partial charge in [-0.25, -0.2) is 13.1 Å². The fourth-order valence-electron chi connectivity index (χ4n) is 3.02. The molecule has 1 aliphatic rings. The van der Waals surface area contributed by atoms with Crippen LogP contribution in [0.15, 0.2) is 27.9 Å². The quantitative estimate of drug-likeness (QED) is 0.720. The third kappa shape index (κ3) is 4.62. The predicted molar refractivity (Wildman–Crippen MR) is 108 cm³/mol. The van der Waals surface area contributed by atoms with Gasteiger partial charge < -0.3 is 9.64 Å². The molecule has 28 heavy (non-hydrogen) atoms. The molecule has 8 nitrogen and oxygen atoms in total. The Balaban J connectivity index is 1.78. The number of ether oxygens (including phenoxy) is 1. The van der Waals surface area contributed by atoms with Crippen LogP contribution in [0.1, 0.15) is 26.7 Å². The predicted octanol–water partition coefficient (Wildman–Crippen LogP) is 1.39. The first-order valence-electron chi connectivity index (χ1n) is 9.33. The molecule has 1 aliphatic heterocycles. The number of nitrogens with one attached hydrogen (secondary N) is 1. The minimum atomic E-state index is -3.63. The van der Waals surface area contributed by atoms with Crippen molar-refractivity contribution in [3.8, 4) is 0 Å². The number of hydrogen-bond acceptors (Lipinski definition) is 6. The number of hydrogen-bond donors (Lipinski definition) is 1. The molecule has 1 N–H and O–H groups in total. The number of nitrogens with zero attached hydrogens (tertiary/aromatic N) is 2. The standard InChI is InChI=1S/C18H25N3O5S2/c1-3-13(2)19-28(24,25)14-4-5-15-16(12-14)27-18(23)21(15)7-6-17(22)20-8-10-26-11-9-20/h4-5,12-13,19H,3,6-11H2,1-2H3/t13-/m1/s1. The van der Waals surface area contributed by atoms with Crippen LogP contribution in [0.4, 0.5) is 0 Å². The van der Waals surface area contributed by atoms with Crippen LogP contribution in [0.3, 0.4) is 0 Å². The number of aryl methyl sites for hydroxylation is 1. The molecular formula is C18H25N3O5S2. The van der Waals surface area contributed by atoms with E-state index in [1.54, 1.807) is 17.9 Å². The Morgan fingerprint density at radius 3 is 2.71 bits per heavy atom. The van der Waals surface area contributed by atoms with Crippen molar-refractivity contribution in [3.05, 3.63) is 27.9 Å². The van der Waals surface area contributed by atoms with Crippen molar-refractivity contribution in [2.45, 2.75) is 44.2 Å². The minimum Gasteiger partial charge on any atom is -0.378 e. The second-order valence-corrected chi connectivity index (χ2v) is 9.53. The summed E-state index contributed by atoms with van der Waals surface area (Å²) in [7, 11) is -3.63. The minimum absolute atomic E-state index is 0.00787. The topological polar surface area (TPSA) is 97.7 Å². The largest absolute Gasteiger partial charge is 0.378 e. The normalized spacial score (nSPS) is 16.4. The van der Waals surface area contributed by atoms with E-state index in [0.717, 1.165) is 11.3 Å². The maximum Gasteiger partial charge on any atom is 0.308 e. The summed E-state index contributed by atoms with van der Waals surface area (Å²) in [4.78, 5) is 26.4. The van der Waals surface area contributed by atoms with Crippen molar-refractivity contribution in [2.24, 2.45) is 0 Å². The van der Waals surface area contributed by atoms with E-state index in [2.05, 4.69) is 4.72 Å². The number of benzene rings is 1. The van der Waals surface area contributed by atoms with Gasteiger partial charge in [0, 0.05) is 32.1 Å². The second kappa shape index (κ2) is 8.73. The Morgan fingerprint density at radius 1 is 1.32 bits per heavy atom. The van der Waals surface area contributed by atoms with Gasteiger partial charge in [-0.1, -0.05) is 18.3 Å².